The lowest BCUT2D eigenvalue weighted by Crippen LogP contribution is -2.50. The first-order chi connectivity index (χ1) is 9.93. The van der Waals surface area contributed by atoms with Gasteiger partial charge >= 0.3 is 6.03 Å². The molecule has 1 N–H and O–H groups in total. The van der Waals surface area contributed by atoms with Crippen LogP contribution in [0.2, 0.25) is 0 Å². The molecule has 3 aliphatic rings. The molecule has 2 aliphatic heterocycles. The van der Waals surface area contributed by atoms with Crippen LogP contribution in [0.4, 0.5) is 4.79 Å². The molecule has 1 unspecified atom stereocenters. The predicted octanol–water partition coefficient (Wildman–Crippen LogP) is 0.799. The number of carbonyl (C=O) groups is 4. The Morgan fingerprint density at radius 3 is 2.33 bits per heavy atom. The van der Waals surface area contributed by atoms with E-state index in [1.54, 1.807) is 0 Å². The van der Waals surface area contributed by atoms with Gasteiger partial charge in [-0.1, -0.05) is 19.3 Å². The fourth-order valence-corrected chi connectivity index (χ4v) is 3.72. The minimum atomic E-state index is -0.747. The normalized spacial score (nSPS) is 31.3. The van der Waals surface area contributed by atoms with E-state index in [1.165, 1.54) is 6.42 Å². The molecule has 0 radical (unpaired) electrons. The van der Waals surface area contributed by atoms with E-state index < -0.39 is 23.3 Å². The molecular formula is C14H19N3O4. The molecular weight excluding hydrogens is 274 g/mol. The zero-order valence-electron chi connectivity index (χ0n) is 12.1. The van der Waals surface area contributed by atoms with Crippen molar-refractivity contribution in [1.29, 1.82) is 0 Å². The third kappa shape index (κ3) is 2.11. The van der Waals surface area contributed by atoms with Crippen molar-refractivity contribution in [2.45, 2.75) is 45.4 Å². The second kappa shape index (κ2) is 4.82. The molecule has 0 aromatic carbocycles. The van der Waals surface area contributed by atoms with E-state index in [1.807, 2.05) is 6.92 Å². The molecule has 1 aliphatic carbocycles. The van der Waals surface area contributed by atoms with E-state index in [0.29, 0.717) is 0 Å². The van der Waals surface area contributed by atoms with Crippen LogP contribution in [-0.4, -0.2) is 40.3 Å². The van der Waals surface area contributed by atoms with Crippen LogP contribution in [0.25, 0.3) is 0 Å². The van der Waals surface area contributed by atoms with Gasteiger partial charge in [0.1, 0.15) is 6.54 Å². The highest BCUT2D eigenvalue weighted by atomic mass is 16.2. The van der Waals surface area contributed by atoms with Crippen molar-refractivity contribution in [3.63, 3.8) is 0 Å². The third-order valence-electron chi connectivity index (χ3n) is 4.96. The van der Waals surface area contributed by atoms with Crippen molar-refractivity contribution in [1.82, 2.24) is 15.3 Å². The molecule has 21 heavy (non-hydrogen) atoms. The van der Waals surface area contributed by atoms with Gasteiger partial charge in [-0.25, -0.2) is 9.80 Å². The Morgan fingerprint density at radius 2 is 1.76 bits per heavy atom. The highest BCUT2D eigenvalue weighted by Crippen LogP contribution is 2.46. The van der Waals surface area contributed by atoms with E-state index >= 15 is 0 Å². The number of imide groups is 2. The summed E-state index contributed by atoms with van der Waals surface area (Å²) in [6.07, 6.45) is 5.31. The summed E-state index contributed by atoms with van der Waals surface area (Å²) in [6.45, 7) is 1.55. The SMILES string of the molecule is CC1(C2CCCCC2)CC(=O)N(N2CC(=O)NC2=O)C1=O. The summed E-state index contributed by atoms with van der Waals surface area (Å²) >= 11 is 0. The van der Waals surface area contributed by atoms with Crippen LogP contribution in [0.5, 0.6) is 0 Å². The van der Waals surface area contributed by atoms with Gasteiger partial charge in [-0.15, -0.1) is 0 Å². The molecule has 0 spiro atoms. The molecule has 0 bridgehead atoms. The first-order valence-corrected chi connectivity index (χ1v) is 7.42. The minimum absolute atomic E-state index is 0.120. The van der Waals surface area contributed by atoms with Crippen LogP contribution in [0.1, 0.15) is 45.4 Å². The van der Waals surface area contributed by atoms with Gasteiger partial charge in [-0.05, 0) is 25.7 Å². The number of hydrogen-bond acceptors (Lipinski definition) is 4. The maximum Gasteiger partial charge on any atom is 0.343 e. The topological polar surface area (TPSA) is 86.8 Å². The van der Waals surface area contributed by atoms with Crippen LogP contribution in [-0.2, 0) is 14.4 Å². The first kappa shape index (κ1) is 14.0. The van der Waals surface area contributed by atoms with Crippen molar-refractivity contribution in [2.75, 3.05) is 6.54 Å². The maximum atomic E-state index is 12.7. The van der Waals surface area contributed by atoms with Crippen LogP contribution >= 0.6 is 0 Å². The fourth-order valence-electron chi connectivity index (χ4n) is 3.72. The third-order valence-corrected chi connectivity index (χ3v) is 4.96. The molecule has 1 atom stereocenters. The van der Waals surface area contributed by atoms with E-state index in [4.69, 9.17) is 0 Å². The molecule has 114 valence electrons. The lowest BCUT2D eigenvalue weighted by Gasteiger charge is -2.35. The Bertz CT molecular complexity index is 526. The smallest absolute Gasteiger partial charge is 0.275 e. The molecule has 7 nitrogen and oxygen atoms in total. The van der Waals surface area contributed by atoms with Gasteiger partial charge in [0, 0.05) is 6.42 Å². The Hall–Kier alpha value is -1.92. The molecule has 5 amide bonds. The number of amides is 5. The number of urea groups is 1. The predicted molar refractivity (Wildman–Crippen MR) is 71.4 cm³/mol. The van der Waals surface area contributed by atoms with Crippen molar-refractivity contribution in [3.05, 3.63) is 0 Å². The summed E-state index contributed by atoms with van der Waals surface area (Å²) in [5.41, 5.74) is -0.747. The molecule has 1 saturated carbocycles. The summed E-state index contributed by atoms with van der Waals surface area (Å²) in [5.74, 6) is -1.05. The van der Waals surface area contributed by atoms with Gasteiger partial charge in [0.25, 0.3) is 5.91 Å². The van der Waals surface area contributed by atoms with E-state index in [2.05, 4.69) is 5.32 Å². The molecule has 2 heterocycles. The molecule has 3 fully saturated rings. The Kier molecular flexibility index (Phi) is 3.22. The fraction of sp³-hybridized carbons (Fsp3) is 0.714. The Balaban J connectivity index is 1.84. The lowest BCUT2D eigenvalue weighted by atomic mass is 9.69. The van der Waals surface area contributed by atoms with Crippen molar-refractivity contribution in [2.24, 2.45) is 11.3 Å². The number of nitrogens with one attached hydrogen (secondary N) is 1. The Labute approximate surface area is 122 Å². The van der Waals surface area contributed by atoms with Gasteiger partial charge in [-0.2, -0.15) is 5.01 Å². The Morgan fingerprint density at radius 1 is 1.10 bits per heavy atom. The van der Waals surface area contributed by atoms with Gasteiger partial charge < -0.3 is 0 Å². The quantitative estimate of drug-likeness (QED) is 0.602. The highest BCUT2D eigenvalue weighted by Gasteiger charge is 2.56. The van der Waals surface area contributed by atoms with E-state index in [0.717, 1.165) is 35.7 Å². The van der Waals surface area contributed by atoms with Crippen LogP contribution < -0.4 is 5.32 Å². The molecule has 3 rings (SSSR count). The van der Waals surface area contributed by atoms with Crippen LogP contribution in [0, 0.1) is 11.3 Å². The summed E-state index contributed by atoms with van der Waals surface area (Å²) in [7, 11) is 0. The van der Waals surface area contributed by atoms with Gasteiger partial charge in [0.05, 0.1) is 5.41 Å². The molecule has 7 heteroatoms. The van der Waals surface area contributed by atoms with Crippen molar-refractivity contribution in [3.8, 4) is 0 Å². The first-order valence-electron chi connectivity index (χ1n) is 7.42. The minimum Gasteiger partial charge on any atom is -0.275 e. The van der Waals surface area contributed by atoms with Crippen molar-refractivity contribution >= 4 is 23.8 Å². The van der Waals surface area contributed by atoms with Crippen LogP contribution in [0.3, 0.4) is 0 Å². The number of carbonyl (C=O) groups excluding carboxylic acids is 4. The number of hydrogen-bond donors (Lipinski definition) is 1. The second-order valence-electron chi connectivity index (χ2n) is 6.35. The van der Waals surface area contributed by atoms with E-state index in [-0.39, 0.29) is 24.8 Å². The number of rotatable bonds is 2. The standard InChI is InChI=1S/C14H19N3O4/c1-14(9-5-3-2-4-6-9)7-11(19)17(12(14)20)16-8-10(18)15-13(16)21/h9H,2-8H2,1H3,(H,15,18,21). The van der Waals surface area contributed by atoms with E-state index in [9.17, 15) is 19.2 Å². The summed E-state index contributed by atoms with van der Waals surface area (Å²) in [5, 5.41) is 3.91. The van der Waals surface area contributed by atoms with Gasteiger partial charge in [-0.3, -0.25) is 19.7 Å². The summed E-state index contributed by atoms with van der Waals surface area (Å²) < 4.78 is 0. The van der Waals surface area contributed by atoms with Gasteiger partial charge in [0.15, 0.2) is 0 Å². The zero-order chi connectivity index (χ0) is 15.2. The molecule has 2 saturated heterocycles. The summed E-state index contributed by atoms with van der Waals surface area (Å²) in [4.78, 5) is 48.0. The number of hydrazine groups is 1. The average molecular weight is 293 g/mol. The lowest BCUT2D eigenvalue weighted by molar-refractivity contribution is -0.155. The monoisotopic (exact) mass is 293 g/mol. The second-order valence-corrected chi connectivity index (χ2v) is 6.35. The molecule has 0 aromatic heterocycles. The van der Waals surface area contributed by atoms with Gasteiger partial charge in [0.2, 0.25) is 11.8 Å². The summed E-state index contributed by atoms with van der Waals surface area (Å²) in [6, 6.07) is -0.699. The van der Waals surface area contributed by atoms with Crippen molar-refractivity contribution < 1.29 is 19.2 Å². The van der Waals surface area contributed by atoms with Crippen LogP contribution in [0.15, 0.2) is 0 Å². The molecule has 0 aromatic rings. The number of nitrogens with zero attached hydrogens (tertiary/aromatic N) is 2. The zero-order valence-corrected chi connectivity index (χ0v) is 12.1. The maximum absolute atomic E-state index is 12.7. The highest BCUT2D eigenvalue weighted by molar-refractivity contribution is 6.10. The average Bonchev–Trinajstić information content (AvgIpc) is 2.89. The largest absolute Gasteiger partial charge is 0.343 e.